The van der Waals surface area contributed by atoms with Crippen molar-refractivity contribution < 1.29 is 22.3 Å². The molecule has 0 unspecified atom stereocenters. The third kappa shape index (κ3) is 6.33. The molecule has 9 heteroatoms. The zero-order valence-electron chi connectivity index (χ0n) is 16.5. The highest BCUT2D eigenvalue weighted by atomic mass is 35.5. The molecule has 6 nitrogen and oxygen atoms in total. The largest absolute Gasteiger partial charge is 0.492 e. The summed E-state index contributed by atoms with van der Waals surface area (Å²) in [5.74, 6) is -0.476. The maximum Gasteiger partial charge on any atom is 0.244 e. The van der Waals surface area contributed by atoms with E-state index in [4.69, 9.17) is 16.3 Å². The van der Waals surface area contributed by atoms with Crippen LogP contribution >= 0.6 is 11.6 Å². The number of hydrogen-bond acceptors (Lipinski definition) is 4. The quantitative estimate of drug-likeness (QED) is 0.603. The van der Waals surface area contributed by atoms with Crippen molar-refractivity contribution in [3.63, 3.8) is 0 Å². The molecule has 1 amide bonds. The summed E-state index contributed by atoms with van der Waals surface area (Å²) in [4.78, 5) is 12.7. The summed E-state index contributed by atoms with van der Waals surface area (Å²) >= 11 is 5.79. The van der Waals surface area contributed by atoms with Gasteiger partial charge in [-0.25, -0.2) is 12.8 Å². The lowest BCUT2D eigenvalue weighted by atomic mass is 10.2. The van der Waals surface area contributed by atoms with E-state index < -0.39 is 27.8 Å². The Labute approximate surface area is 175 Å². The monoisotopic (exact) mass is 442 g/mol. The van der Waals surface area contributed by atoms with Crippen LogP contribution in [0.15, 0.2) is 42.5 Å². The first-order chi connectivity index (χ1) is 13.6. The average molecular weight is 443 g/mol. The van der Waals surface area contributed by atoms with Crippen LogP contribution in [0.2, 0.25) is 5.02 Å². The first kappa shape index (κ1) is 23.0. The Morgan fingerprint density at radius 3 is 2.45 bits per heavy atom. The van der Waals surface area contributed by atoms with Gasteiger partial charge in [-0.3, -0.25) is 9.10 Å². The van der Waals surface area contributed by atoms with Crippen molar-refractivity contribution in [3.05, 3.63) is 58.9 Å². The van der Waals surface area contributed by atoms with E-state index in [1.807, 2.05) is 31.2 Å². The van der Waals surface area contributed by atoms with E-state index in [-0.39, 0.29) is 30.3 Å². The number of carbonyl (C=O) groups is 1. The molecular formula is C20H24ClFN2O4S. The highest BCUT2D eigenvalue weighted by molar-refractivity contribution is 7.92. The second-order valence-corrected chi connectivity index (χ2v) is 8.80. The molecule has 0 aliphatic rings. The SMILES string of the molecule is CC[C@H](C(=O)NCCOc1ccc(C)cc1)N(c1ccc(F)c(Cl)c1)S(C)(=O)=O. The van der Waals surface area contributed by atoms with E-state index in [0.717, 1.165) is 22.2 Å². The normalized spacial score (nSPS) is 12.3. The maximum absolute atomic E-state index is 13.5. The smallest absolute Gasteiger partial charge is 0.244 e. The van der Waals surface area contributed by atoms with Gasteiger partial charge < -0.3 is 10.1 Å². The van der Waals surface area contributed by atoms with Gasteiger partial charge in [-0.1, -0.05) is 36.2 Å². The average Bonchev–Trinajstić information content (AvgIpc) is 2.66. The van der Waals surface area contributed by atoms with Crippen LogP contribution in [0.4, 0.5) is 10.1 Å². The van der Waals surface area contributed by atoms with E-state index in [0.29, 0.717) is 5.75 Å². The lowest BCUT2D eigenvalue weighted by molar-refractivity contribution is -0.122. The minimum absolute atomic E-state index is 0.122. The van der Waals surface area contributed by atoms with Gasteiger partial charge in [0, 0.05) is 0 Å². The number of benzene rings is 2. The fourth-order valence-electron chi connectivity index (χ4n) is 2.78. The van der Waals surface area contributed by atoms with Gasteiger partial charge in [0.1, 0.15) is 24.2 Å². The molecule has 1 N–H and O–H groups in total. The van der Waals surface area contributed by atoms with Crippen LogP contribution in [-0.4, -0.2) is 39.8 Å². The van der Waals surface area contributed by atoms with E-state index in [1.165, 1.54) is 12.1 Å². The topological polar surface area (TPSA) is 75.7 Å². The summed E-state index contributed by atoms with van der Waals surface area (Å²) in [6, 6.07) is 10.0. The Bertz CT molecular complexity index is 951. The summed E-state index contributed by atoms with van der Waals surface area (Å²) in [6.07, 6.45) is 1.20. The van der Waals surface area contributed by atoms with Gasteiger partial charge in [0.05, 0.1) is 23.5 Å². The molecular weight excluding hydrogens is 419 g/mol. The second-order valence-electron chi connectivity index (χ2n) is 6.53. The van der Waals surface area contributed by atoms with Gasteiger partial charge in [0.2, 0.25) is 15.9 Å². The van der Waals surface area contributed by atoms with Crippen LogP contribution in [0.3, 0.4) is 0 Å². The molecule has 29 heavy (non-hydrogen) atoms. The molecule has 0 fully saturated rings. The third-order valence-electron chi connectivity index (χ3n) is 4.18. The summed E-state index contributed by atoms with van der Waals surface area (Å²) in [7, 11) is -3.82. The van der Waals surface area contributed by atoms with Crippen molar-refractivity contribution in [2.24, 2.45) is 0 Å². The zero-order chi connectivity index (χ0) is 21.6. The molecule has 2 rings (SSSR count). The lowest BCUT2D eigenvalue weighted by Crippen LogP contribution is -2.50. The van der Waals surface area contributed by atoms with Crippen molar-refractivity contribution in [2.75, 3.05) is 23.7 Å². The fourth-order valence-corrected chi connectivity index (χ4v) is 4.16. The van der Waals surface area contributed by atoms with E-state index in [1.54, 1.807) is 6.92 Å². The van der Waals surface area contributed by atoms with Crippen LogP contribution in [0.25, 0.3) is 0 Å². The predicted octanol–water partition coefficient (Wildman–Crippen LogP) is 3.53. The van der Waals surface area contributed by atoms with Crippen LogP contribution in [0.1, 0.15) is 18.9 Å². The number of carbonyl (C=O) groups excluding carboxylic acids is 1. The van der Waals surface area contributed by atoms with Crippen LogP contribution in [-0.2, 0) is 14.8 Å². The molecule has 1 atom stereocenters. The Morgan fingerprint density at radius 2 is 1.90 bits per heavy atom. The van der Waals surface area contributed by atoms with E-state index in [9.17, 15) is 17.6 Å². The number of hydrogen-bond donors (Lipinski definition) is 1. The number of rotatable bonds is 9. The van der Waals surface area contributed by atoms with Crippen molar-refractivity contribution >= 4 is 33.2 Å². The first-order valence-electron chi connectivity index (χ1n) is 9.05. The molecule has 2 aromatic carbocycles. The van der Waals surface area contributed by atoms with Crippen molar-refractivity contribution in [1.82, 2.24) is 5.32 Å². The van der Waals surface area contributed by atoms with E-state index >= 15 is 0 Å². The molecule has 0 saturated heterocycles. The lowest BCUT2D eigenvalue weighted by Gasteiger charge is -2.30. The third-order valence-corrected chi connectivity index (χ3v) is 5.65. The van der Waals surface area contributed by atoms with Crippen LogP contribution in [0.5, 0.6) is 5.75 Å². The maximum atomic E-state index is 13.5. The minimum atomic E-state index is -3.82. The summed E-state index contributed by atoms with van der Waals surface area (Å²) < 4.78 is 44.7. The summed E-state index contributed by atoms with van der Waals surface area (Å²) in [5.41, 5.74) is 1.23. The van der Waals surface area contributed by atoms with Gasteiger partial charge in [-0.05, 0) is 43.7 Å². The van der Waals surface area contributed by atoms with Gasteiger partial charge >= 0.3 is 0 Å². The van der Waals surface area contributed by atoms with Gasteiger partial charge in [0.15, 0.2) is 0 Å². The van der Waals surface area contributed by atoms with Crippen LogP contribution in [0, 0.1) is 12.7 Å². The highest BCUT2D eigenvalue weighted by Crippen LogP contribution is 2.27. The highest BCUT2D eigenvalue weighted by Gasteiger charge is 2.31. The summed E-state index contributed by atoms with van der Waals surface area (Å²) in [5, 5.41) is 2.46. The first-order valence-corrected chi connectivity index (χ1v) is 11.3. The van der Waals surface area contributed by atoms with Crippen molar-refractivity contribution in [3.8, 4) is 5.75 Å². The zero-order valence-corrected chi connectivity index (χ0v) is 18.1. The Balaban J connectivity index is 2.07. The van der Waals surface area contributed by atoms with Crippen molar-refractivity contribution in [1.29, 1.82) is 0 Å². The Morgan fingerprint density at radius 1 is 1.24 bits per heavy atom. The minimum Gasteiger partial charge on any atom is -0.492 e. The summed E-state index contributed by atoms with van der Waals surface area (Å²) in [6.45, 7) is 4.09. The number of ether oxygens (including phenoxy) is 1. The molecule has 0 aliphatic heterocycles. The van der Waals surface area contributed by atoms with Crippen molar-refractivity contribution in [2.45, 2.75) is 26.3 Å². The Kier molecular flexibility index (Phi) is 7.87. The molecule has 0 aromatic heterocycles. The molecule has 0 bridgehead atoms. The second kappa shape index (κ2) is 9.93. The Hall–Kier alpha value is -2.32. The fraction of sp³-hybridized carbons (Fsp3) is 0.350. The van der Waals surface area contributed by atoms with Gasteiger partial charge in [0.25, 0.3) is 0 Å². The number of aryl methyl sites for hydroxylation is 1. The van der Waals surface area contributed by atoms with Crippen LogP contribution < -0.4 is 14.4 Å². The van der Waals surface area contributed by atoms with E-state index in [2.05, 4.69) is 5.32 Å². The molecule has 0 radical (unpaired) electrons. The number of nitrogens with one attached hydrogen (secondary N) is 1. The van der Waals surface area contributed by atoms with Gasteiger partial charge in [-0.15, -0.1) is 0 Å². The number of anilines is 1. The number of amides is 1. The predicted molar refractivity (Wildman–Crippen MR) is 112 cm³/mol. The molecule has 0 aliphatic carbocycles. The molecule has 158 valence electrons. The molecule has 0 spiro atoms. The molecule has 0 saturated carbocycles. The number of halogens is 2. The number of sulfonamides is 1. The standard InChI is InChI=1S/C20H24ClFN2O4S/c1-4-19(20(25)23-11-12-28-16-8-5-14(2)6-9-16)24(29(3,26)27)15-7-10-18(22)17(21)13-15/h5-10,13,19H,4,11-12H2,1-3H3,(H,23,25)/t19-/m1/s1. The number of nitrogens with zero attached hydrogens (tertiary/aromatic N) is 1. The molecule has 2 aromatic rings. The van der Waals surface area contributed by atoms with Gasteiger partial charge in [-0.2, -0.15) is 0 Å². The molecule has 0 heterocycles.